The average Bonchev–Trinajstić information content (AvgIpc) is 3.20. The maximum Gasteiger partial charge on any atom is 0.191 e. The van der Waals surface area contributed by atoms with Gasteiger partial charge in [0.25, 0.3) is 0 Å². The van der Waals surface area contributed by atoms with Gasteiger partial charge in [-0.1, -0.05) is 28.1 Å². The van der Waals surface area contributed by atoms with Crippen molar-refractivity contribution in [2.45, 2.75) is 31.2 Å². The molecule has 1 saturated carbocycles. The number of nitrogens with zero attached hydrogens (tertiary/aromatic N) is 1. The zero-order chi connectivity index (χ0) is 17.0. The van der Waals surface area contributed by atoms with Gasteiger partial charge in [-0.05, 0) is 37.0 Å². The topological polar surface area (TPSA) is 65.9 Å². The zero-order valence-electron chi connectivity index (χ0n) is 14.1. The van der Waals surface area contributed by atoms with E-state index in [4.69, 9.17) is 4.74 Å². The third kappa shape index (κ3) is 4.29. The van der Waals surface area contributed by atoms with Gasteiger partial charge in [-0.25, -0.2) is 0 Å². The number of ether oxygens (including phenoxy) is 1. The molecule has 1 heterocycles. The van der Waals surface area contributed by atoms with Gasteiger partial charge in [0.1, 0.15) is 0 Å². The second kappa shape index (κ2) is 7.85. The summed E-state index contributed by atoms with van der Waals surface area (Å²) in [6.45, 7) is 2.47. The molecule has 0 radical (unpaired) electrons. The van der Waals surface area contributed by atoms with Crippen LogP contribution in [0.3, 0.4) is 0 Å². The highest BCUT2D eigenvalue weighted by Gasteiger charge is 2.39. The average molecular weight is 396 g/mol. The molecular weight excluding hydrogens is 370 g/mol. The first-order valence-electron chi connectivity index (χ1n) is 8.57. The summed E-state index contributed by atoms with van der Waals surface area (Å²) in [6.07, 6.45) is 2.89. The fourth-order valence-electron chi connectivity index (χ4n) is 3.39. The maximum atomic E-state index is 9.32. The molecule has 1 aliphatic carbocycles. The lowest BCUT2D eigenvalue weighted by atomic mass is 9.84. The number of guanidine groups is 1. The normalized spacial score (nSPS) is 29.5. The van der Waals surface area contributed by atoms with Crippen LogP contribution in [0, 0.1) is 5.41 Å². The van der Waals surface area contributed by atoms with Crippen molar-refractivity contribution in [1.29, 1.82) is 0 Å². The SMILES string of the molecule is CN=C(NCC1(CCO)CCOC1)NC1CC1c1ccc(Br)cc1. The first-order valence-corrected chi connectivity index (χ1v) is 9.36. The van der Waals surface area contributed by atoms with Gasteiger partial charge in [0.05, 0.1) is 6.61 Å². The van der Waals surface area contributed by atoms with E-state index in [1.54, 1.807) is 7.05 Å². The van der Waals surface area contributed by atoms with Crippen LogP contribution in [-0.4, -0.2) is 50.5 Å². The van der Waals surface area contributed by atoms with E-state index in [9.17, 15) is 5.11 Å². The van der Waals surface area contributed by atoms with Crippen molar-refractivity contribution >= 4 is 21.9 Å². The van der Waals surface area contributed by atoms with Gasteiger partial charge < -0.3 is 20.5 Å². The quantitative estimate of drug-likeness (QED) is 0.510. The Hall–Kier alpha value is -1.11. The highest BCUT2D eigenvalue weighted by atomic mass is 79.9. The number of hydrogen-bond acceptors (Lipinski definition) is 3. The van der Waals surface area contributed by atoms with Crippen molar-refractivity contribution in [3.8, 4) is 0 Å². The third-order valence-electron chi connectivity index (χ3n) is 5.09. The number of aliphatic imine (C=N–C) groups is 1. The Bertz CT molecular complexity index is 570. The van der Waals surface area contributed by atoms with E-state index in [1.165, 1.54) is 5.56 Å². The molecule has 3 rings (SSSR count). The standard InChI is InChI=1S/C18H26BrN3O2/c1-20-17(21-11-18(6-8-23)7-9-24-12-18)22-16-10-15(16)13-2-4-14(19)5-3-13/h2-5,15-16,23H,6-12H2,1H3,(H2,20,21,22). The molecule has 1 saturated heterocycles. The number of benzene rings is 1. The van der Waals surface area contributed by atoms with Crippen molar-refractivity contribution in [3.05, 3.63) is 34.3 Å². The van der Waals surface area contributed by atoms with Gasteiger partial charge in [0.15, 0.2) is 5.96 Å². The Labute approximate surface area is 152 Å². The third-order valence-corrected chi connectivity index (χ3v) is 5.62. The van der Waals surface area contributed by atoms with Crippen LogP contribution in [0.1, 0.15) is 30.7 Å². The lowest BCUT2D eigenvalue weighted by molar-refractivity contribution is 0.127. The zero-order valence-corrected chi connectivity index (χ0v) is 15.7. The predicted octanol–water partition coefficient (Wildman–Crippen LogP) is 2.26. The molecule has 0 bridgehead atoms. The fraction of sp³-hybridized carbons (Fsp3) is 0.611. The Morgan fingerprint density at radius 2 is 2.21 bits per heavy atom. The summed E-state index contributed by atoms with van der Waals surface area (Å²) in [4.78, 5) is 4.35. The minimum absolute atomic E-state index is 0.0288. The number of rotatable bonds is 6. The first kappa shape index (κ1) is 17.7. The van der Waals surface area contributed by atoms with E-state index in [0.29, 0.717) is 18.6 Å². The van der Waals surface area contributed by atoms with Gasteiger partial charge in [-0.3, -0.25) is 4.99 Å². The molecule has 3 unspecified atom stereocenters. The van der Waals surface area contributed by atoms with Gasteiger partial charge in [0, 0.05) is 48.7 Å². The van der Waals surface area contributed by atoms with Crippen LogP contribution >= 0.6 is 15.9 Å². The number of hydrogen-bond donors (Lipinski definition) is 3. The fourth-order valence-corrected chi connectivity index (χ4v) is 3.65. The van der Waals surface area contributed by atoms with Gasteiger partial charge >= 0.3 is 0 Å². The lowest BCUT2D eigenvalue weighted by Crippen LogP contribution is -2.45. The van der Waals surface area contributed by atoms with Crippen LogP contribution in [0.5, 0.6) is 0 Å². The molecule has 2 fully saturated rings. The molecule has 5 nitrogen and oxygen atoms in total. The molecule has 24 heavy (non-hydrogen) atoms. The number of aliphatic hydroxyl groups is 1. The van der Waals surface area contributed by atoms with E-state index in [2.05, 4.69) is 55.8 Å². The number of aliphatic hydroxyl groups excluding tert-OH is 1. The van der Waals surface area contributed by atoms with Gasteiger partial charge in [-0.15, -0.1) is 0 Å². The summed E-state index contributed by atoms with van der Waals surface area (Å²) >= 11 is 3.48. The molecule has 6 heteroatoms. The van der Waals surface area contributed by atoms with Crippen LogP contribution in [0.25, 0.3) is 0 Å². The van der Waals surface area contributed by atoms with E-state index < -0.39 is 0 Å². The monoisotopic (exact) mass is 395 g/mol. The molecule has 3 N–H and O–H groups in total. The minimum Gasteiger partial charge on any atom is -0.396 e. The minimum atomic E-state index is 0.0288. The van der Waals surface area contributed by atoms with Crippen LogP contribution < -0.4 is 10.6 Å². The molecule has 3 atom stereocenters. The second-order valence-electron chi connectivity index (χ2n) is 6.85. The molecule has 0 amide bonds. The largest absolute Gasteiger partial charge is 0.396 e. The Balaban J connectivity index is 1.50. The number of nitrogens with one attached hydrogen (secondary N) is 2. The van der Waals surface area contributed by atoms with Crippen molar-refractivity contribution in [1.82, 2.24) is 10.6 Å². The first-order chi connectivity index (χ1) is 11.7. The van der Waals surface area contributed by atoms with Crippen molar-refractivity contribution in [3.63, 3.8) is 0 Å². The van der Waals surface area contributed by atoms with Crippen LogP contribution in [0.2, 0.25) is 0 Å². The highest BCUT2D eigenvalue weighted by Crippen LogP contribution is 2.41. The number of halogens is 1. The van der Waals surface area contributed by atoms with Crippen LogP contribution in [-0.2, 0) is 4.74 Å². The molecule has 1 aliphatic heterocycles. The van der Waals surface area contributed by atoms with Crippen LogP contribution in [0.4, 0.5) is 0 Å². The smallest absolute Gasteiger partial charge is 0.191 e. The summed E-state index contributed by atoms with van der Waals surface area (Å²) in [5.41, 5.74) is 1.40. The molecule has 0 spiro atoms. The van der Waals surface area contributed by atoms with Crippen molar-refractivity contribution < 1.29 is 9.84 Å². The van der Waals surface area contributed by atoms with Gasteiger partial charge in [-0.2, -0.15) is 0 Å². The van der Waals surface area contributed by atoms with Crippen molar-refractivity contribution in [2.24, 2.45) is 10.4 Å². The Morgan fingerprint density at radius 3 is 2.83 bits per heavy atom. The Kier molecular flexibility index (Phi) is 5.79. The molecule has 1 aromatic carbocycles. The van der Waals surface area contributed by atoms with E-state index >= 15 is 0 Å². The molecule has 1 aromatic rings. The van der Waals surface area contributed by atoms with E-state index in [0.717, 1.165) is 42.8 Å². The molecule has 132 valence electrons. The summed E-state index contributed by atoms with van der Waals surface area (Å²) in [5.74, 6) is 1.39. The highest BCUT2D eigenvalue weighted by molar-refractivity contribution is 9.10. The second-order valence-corrected chi connectivity index (χ2v) is 7.76. The molecule has 2 aliphatic rings. The summed E-state index contributed by atoms with van der Waals surface area (Å²) < 4.78 is 6.65. The van der Waals surface area contributed by atoms with E-state index in [-0.39, 0.29) is 12.0 Å². The summed E-state index contributed by atoms with van der Waals surface area (Å²) in [7, 11) is 1.80. The lowest BCUT2D eigenvalue weighted by Gasteiger charge is -2.27. The Morgan fingerprint density at radius 1 is 1.42 bits per heavy atom. The van der Waals surface area contributed by atoms with Crippen molar-refractivity contribution in [2.75, 3.05) is 33.4 Å². The molecule has 0 aromatic heterocycles. The van der Waals surface area contributed by atoms with Crippen LogP contribution in [0.15, 0.2) is 33.7 Å². The summed E-state index contributed by atoms with van der Waals surface area (Å²) in [6, 6.07) is 8.98. The van der Waals surface area contributed by atoms with Gasteiger partial charge in [0.2, 0.25) is 0 Å². The molecular formula is C18H26BrN3O2. The predicted molar refractivity (Wildman–Crippen MR) is 99.4 cm³/mol. The van der Waals surface area contributed by atoms with E-state index in [1.807, 2.05) is 0 Å². The summed E-state index contributed by atoms with van der Waals surface area (Å²) in [5, 5.41) is 16.3. The maximum absolute atomic E-state index is 9.32.